The number of imidazole rings is 1. The predicted octanol–water partition coefficient (Wildman–Crippen LogP) is 2.93. The summed E-state index contributed by atoms with van der Waals surface area (Å²) in [6, 6.07) is 7.81. The second kappa shape index (κ2) is 7.32. The van der Waals surface area contributed by atoms with Gasteiger partial charge in [-0.15, -0.1) is 0 Å². The zero-order chi connectivity index (χ0) is 21.0. The van der Waals surface area contributed by atoms with Gasteiger partial charge in [0.1, 0.15) is 5.82 Å². The van der Waals surface area contributed by atoms with Crippen LogP contribution in [0.4, 0.5) is 0 Å². The summed E-state index contributed by atoms with van der Waals surface area (Å²) in [5, 5.41) is 4.09. The highest BCUT2D eigenvalue weighted by atomic mass is 35.5. The molecule has 3 aromatic rings. The number of carbonyl (C=O) groups is 1. The minimum Gasteiger partial charge on any atom is -0.344 e. The second-order valence-corrected chi connectivity index (χ2v) is 8.84. The Morgan fingerprint density at radius 2 is 2.00 bits per heavy atom. The number of hydrogen-bond donors (Lipinski definition) is 1. The number of likely N-dealkylation sites (tertiary alicyclic amines) is 1. The normalized spacial score (nSPS) is 25.0. The van der Waals surface area contributed by atoms with Crippen molar-refractivity contribution in [2.24, 2.45) is 5.92 Å². The van der Waals surface area contributed by atoms with Crippen molar-refractivity contribution in [2.75, 3.05) is 20.1 Å². The zero-order valence-corrected chi connectivity index (χ0v) is 18.1. The number of likely N-dealkylation sites (N-methyl/N-ethyl adjacent to an activating group) is 1. The fourth-order valence-electron chi connectivity index (χ4n) is 5.02. The predicted molar refractivity (Wildman–Crippen MR) is 116 cm³/mol. The van der Waals surface area contributed by atoms with Gasteiger partial charge < -0.3 is 14.8 Å². The number of nitrogens with one attached hydrogen (secondary N) is 1. The Labute approximate surface area is 180 Å². The van der Waals surface area contributed by atoms with E-state index >= 15 is 0 Å². The van der Waals surface area contributed by atoms with Crippen LogP contribution >= 0.6 is 11.6 Å². The molecule has 2 fully saturated rings. The van der Waals surface area contributed by atoms with Crippen LogP contribution in [0.25, 0.3) is 11.3 Å². The van der Waals surface area contributed by atoms with Crippen LogP contribution in [0.3, 0.4) is 0 Å². The largest absolute Gasteiger partial charge is 0.344 e. The molecule has 30 heavy (non-hydrogen) atoms. The average Bonchev–Trinajstić information content (AvgIpc) is 3.34. The summed E-state index contributed by atoms with van der Waals surface area (Å²) in [4.78, 5) is 28.7. The Bertz CT molecular complexity index is 1110. The second-order valence-electron chi connectivity index (χ2n) is 8.41. The Morgan fingerprint density at radius 1 is 1.23 bits per heavy atom. The van der Waals surface area contributed by atoms with Crippen LogP contribution in [0, 0.1) is 12.8 Å². The SMILES string of the molecule is Cc1nc2ncc(C3CN(C)C(=O)C4NCCC43)nc2n1C(C)c1ccc(Cl)cc1. The third-order valence-corrected chi connectivity index (χ3v) is 6.87. The van der Waals surface area contributed by atoms with E-state index in [4.69, 9.17) is 16.6 Å². The fraction of sp³-hybridized carbons (Fsp3) is 0.455. The number of amides is 1. The first-order chi connectivity index (χ1) is 14.4. The maximum absolute atomic E-state index is 12.5. The van der Waals surface area contributed by atoms with Crippen LogP contribution in [-0.2, 0) is 4.79 Å². The number of fused-ring (bicyclic) bond motifs is 2. The maximum atomic E-state index is 12.5. The molecule has 156 valence electrons. The minimum atomic E-state index is -0.120. The number of carbonyl (C=O) groups excluding carboxylic acids is 1. The van der Waals surface area contributed by atoms with Crippen LogP contribution in [0.1, 0.15) is 42.4 Å². The third kappa shape index (κ3) is 3.08. The number of rotatable bonds is 3. The molecule has 0 spiro atoms. The van der Waals surface area contributed by atoms with Gasteiger partial charge in [0.05, 0.1) is 24.0 Å². The van der Waals surface area contributed by atoms with E-state index in [1.54, 1.807) is 0 Å². The lowest BCUT2D eigenvalue weighted by Crippen LogP contribution is -2.53. The minimum absolute atomic E-state index is 0.0494. The Morgan fingerprint density at radius 3 is 2.77 bits per heavy atom. The number of aromatic nitrogens is 4. The van der Waals surface area contributed by atoms with Gasteiger partial charge >= 0.3 is 0 Å². The molecular formula is C22H25ClN6O. The first-order valence-corrected chi connectivity index (χ1v) is 10.8. The molecule has 4 heterocycles. The highest BCUT2D eigenvalue weighted by molar-refractivity contribution is 6.30. The molecule has 0 saturated carbocycles. The molecule has 8 heteroatoms. The Balaban J connectivity index is 1.56. The first kappa shape index (κ1) is 19.5. The molecule has 0 radical (unpaired) electrons. The molecule has 5 rings (SSSR count). The summed E-state index contributed by atoms with van der Waals surface area (Å²) in [5.74, 6) is 1.48. The molecule has 1 amide bonds. The van der Waals surface area contributed by atoms with E-state index in [9.17, 15) is 4.79 Å². The van der Waals surface area contributed by atoms with Crippen molar-refractivity contribution >= 4 is 28.8 Å². The van der Waals surface area contributed by atoms with E-state index in [0.29, 0.717) is 12.2 Å². The number of halogens is 1. The van der Waals surface area contributed by atoms with Gasteiger partial charge in [0.2, 0.25) is 5.91 Å². The molecule has 2 saturated heterocycles. The van der Waals surface area contributed by atoms with E-state index in [-0.39, 0.29) is 29.8 Å². The molecule has 1 N–H and O–H groups in total. The number of aryl methyl sites for hydroxylation is 1. The molecule has 1 aromatic carbocycles. The van der Waals surface area contributed by atoms with E-state index in [1.165, 1.54) is 0 Å². The van der Waals surface area contributed by atoms with E-state index in [0.717, 1.165) is 40.7 Å². The topological polar surface area (TPSA) is 75.9 Å². The molecule has 4 atom stereocenters. The van der Waals surface area contributed by atoms with Gasteiger partial charge in [-0.1, -0.05) is 23.7 Å². The van der Waals surface area contributed by atoms with Crippen molar-refractivity contribution in [3.63, 3.8) is 0 Å². The summed E-state index contributed by atoms with van der Waals surface area (Å²) in [5.41, 5.74) is 3.51. The van der Waals surface area contributed by atoms with Crippen molar-refractivity contribution in [3.05, 3.63) is 52.6 Å². The lowest BCUT2D eigenvalue weighted by molar-refractivity contribution is -0.136. The van der Waals surface area contributed by atoms with Crippen LogP contribution < -0.4 is 5.32 Å². The lowest BCUT2D eigenvalue weighted by atomic mass is 9.80. The van der Waals surface area contributed by atoms with Gasteiger partial charge in [-0.2, -0.15) is 0 Å². The molecule has 2 aliphatic heterocycles. The first-order valence-electron chi connectivity index (χ1n) is 10.4. The van der Waals surface area contributed by atoms with Gasteiger partial charge in [0.15, 0.2) is 11.3 Å². The van der Waals surface area contributed by atoms with Gasteiger partial charge in [-0.05, 0) is 50.4 Å². The van der Waals surface area contributed by atoms with Crippen molar-refractivity contribution in [3.8, 4) is 0 Å². The molecular weight excluding hydrogens is 400 g/mol. The summed E-state index contributed by atoms with van der Waals surface area (Å²) >= 11 is 6.07. The molecule has 4 unspecified atom stereocenters. The average molecular weight is 425 g/mol. The molecule has 0 aliphatic carbocycles. The molecule has 7 nitrogen and oxygen atoms in total. The smallest absolute Gasteiger partial charge is 0.239 e. The lowest BCUT2D eigenvalue weighted by Gasteiger charge is -2.38. The number of piperidine rings is 1. The summed E-state index contributed by atoms with van der Waals surface area (Å²) in [6.45, 7) is 5.66. The Hall–Kier alpha value is -2.51. The highest BCUT2D eigenvalue weighted by Crippen LogP contribution is 2.37. The van der Waals surface area contributed by atoms with Gasteiger partial charge in [0.25, 0.3) is 0 Å². The molecule has 2 aromatic heterocycles. The Kier molecular flexibility index (Phi) is 4.75. The quantitative estimate of drug-likeness (QED) is 0.699. The number of nitrogens with zero attached hydrogens (tertiary/aromatic N) is 5. The van der Waals surface area contributed by atoms with Crippen molar-refractivity contribution in [1.29, 1.82) is 0 Å². The van der Waals surface area contributed by atoms with E-state index in [1.807, 2.05) is 49.3 Å². The highest BCUT2D eigenvalue weighted by Gasteiger charge is 2.45. The van der Waals surface area contributed by atoms with Crippen LogP contribution in [0.2, 0.25) is 5.02 Å². The monoisotopic (exact) mass is 424 g/mol. The molecule has 2 aliphatic rings. The van der Waals surface area contributed by atoms with Crippen LogP contribution in [0.5, 0.6) is 0 Å². The van der Waals surface area contributed by atoms with Gasteiger partial charge in [0, 0.05) is 24.5 Å². The standard InChI is InChI=1S/C22H25ClN6O/c1-12(14-4-6-15(23)7-5-14)29-13(2)26-20-21(29)27-18(10-25-20)17-11-28(3)22(30)19-16(17)8-9-24-19/h4-7,10,12,16-17,19,24H,8-9,11H2,1-3H3. The van der Waals surface area contributed by atoms with E-state index in [2.05, 4.69) is 26.8 Å². The summed E-state index contributed by atoms with van der Waals surface area (Å²) < 4.78 is 2.14. The summed E-state index contributed by atoms with van der Waals surface area (Å²) in [6.07, 6.45) is 2.82. The van der Waals surface area contributed by atoms with Gasteiger partial charge in [-0.25, -0.2) is 15.0 Å². The fourth-order valence-corrected chi connectivity index (χ4v) is 5.14. The summed E-state index contributed by atoms with van der Waals surface area (Å²) in [7, 11) is 1.87. The third-order valence-electron chi connectivity index (χ3n) is 6.62. The molecule has 0 bridgehead atoms. The zero-order valence-electron chi connectivity index (χ0n) is 17.3. The number of benzene rings is 1. The van der Waals surface area contributed by atoms with E-state index < -0.39 is 0 Å². The van der Waals surface area contributed by atoms with Crippen LogP contribution in [-0.4, -0.2) is 56.5 Å². The van der Waals surface area contributed by atoms with Gasteiger partial charge in [-0.3, -0.25) is 4.79 Å². The van der Waals surface area contributed by atoms with Crippen molar-refractivity contribution in [1.82, 2.24) is 29.7 Å². The van der Waals surface area contributed by atoms with Crippen molar-refractivity contribution < 1.29 is 4.79 Å². The maximum Gasteiger partial charge on any atom is 0.239 e. The van der Waals surface area contributed by atoms with Crippen LogP contribution in [0.15, 0.2) is 30.5 Å². The number of hydrogen-bond acceptors (Lipinski definition) is 5. The van der Waals surface area contributed by atoms with Crippen molar-refractivity contribution in [2.45, 2.75) is 38.3 Å².